The Balaban J connectivity index is 2.41. The molecule has 1 heterocycles. The number of rotatable bonds is 3. The Morgan fingerprint density at radius 1 is 1.19 bits per heavy atom. The summed E-state index contributed by atoms with van der Waals surface area (Å²) in [5.74, 6) is 0.183. The average molecular weight is 213 g/mol. The highest BCUT2D eigenvalue weighted by molar-refractivity contribution is 5.35. The molecule has 0 fully saturated rings. The molecule has 0 saturated carbocycles. The molecule has 0 aliphatic heterocycles. The number of hydrogen-bond donors (Lipinski definition) is 1. The van der Waals surface area contributed by atoms with Gasteiger partial charge in [0.1, 0.15) is 6.33 Å². The molecule has 0 amide bonds. The lowest BCUT2D eigenvalue weighted by molar-refractivity contribution is 0.799. The van der Waals surface area contributed by atoms with Gasteiger partial charge in [0.2, 0.25) is 0 Å². The molecule has 82 valence electrons. The molecule has 0 saturated heterocycles. The van der Waals surface area contributed by atoms with Crippen LogP contribution in [0.2, 0.25) is 0 Å². The van der Waals surface area contributed by atoms with E-state index >= 15 is 0 Å². The monoisotopic (exact) mass is 213 g/mol. The van der Waals surface area contributed by atoms with Gasteiger partial charge in [0.25, 0.3) is 0 Å². The van der Waals surface area contributed by atoms with E-state index in [2.05, 4.69) is 29.0 Å². The van der Waals surface area contributed by atoms with Crippen molar-refractivity contribution in [2.75, 3.05) is 6.54 Å². The van der Waals surface area contributed by atoms with Gasteiger partial charge in [-0.05, 0) is 23.6 Å². The van der Waals surface area contributed by atoms with Gasteiger partial charge >= 0.3 is 0 Å². The quantitative estimate of drug-likeness (QED) is 0.846. The molecule has 1 unspecified atom stereocenters. The van der Waals surface area contributed by atoms with Gasteiger partial charge in [-0.3, -0.25) is 0 Å². The van der Waals surface area contributed by atoms with E-state index in [0.29, 0.717) is 6.54 Å². The van der Waals surface area contributed by atoms with Gasteiger partial charge in [-0.25, -0.2) is 9.97 Å². The van der Waals surface area contributed by atoms with Crippen molar-refractivity contribution in [2.24, 2.45) is 5.73 Å². The fraction of sp³-hybridized carbons (Fsp3) is 0.231. The first-order chi connectivity index (χ1) is 7.83. The van der Waals surface area contributed by atoms with E-state index in [0.717, 1.165) is 5.56 Å². The van der Waals surface area contributed by atoms with Gasteiger partial charge in [-0.1, -0.05) is 24.3 Å². The average Bonchev–Trinajstić information content (AvgIpc) is 2.34. The summed E-state index contributed by atoms with van der Waals surface area (Å²) in [6, 6.07) is 8.28. The van der Waals surface area contributed by atoms with Crippen molar-refractivity contribution in [3.8, 4) is 0 Å². The van der Waals surface area contributed by atoms with E-state index in [4.69, 9.17) is 5.73 Å². The van der Waals surface area contributed by atoms with Crippen LogP contribution in [0.4, 0.5) is 0 Å². The minimum absolute atomic E-state index is 0.183. The van der Waals surface area contributed by atoms with Crippen molar-refractivity contribution in [3.63, 3.8) is 0 Å². The second-order valence-corrected chi connectivity index (χ2v) is 3.82. The molecule has 2 N–H and O–H groups in total. The normalized spacial score (nSPS) is 12.4. The van der Waals surface area contributed by atoms with Crippen molar-refractivity contribution in [1.82, 2.24) is 9.97 Å². The number of nitrogens with zero attached hydrogens (tertiary/aromatic N) is 2. The van der Waals surface area contributed by atoms with Gasteiger partial charge in [-0.2, -0.15) is 0 Å². The SMILES string of the molecule is Cc1ccccc1C(CN)c1cncnc1. The number of aryl methyl sites for hydroxylation is 1. The maximum absolute atomic E-state index is 5.85. The van der Waals surface area contributed by atoms with Crippen LogP contribution in [0.25, 0.3) is 0 Å². The third-order valence-corrected chi connectivity index (χ3v) is 2.78. The molecule has 2 aromatic rings. The summed E-state index contributed by atoms with van der Waals surface area (Å²) in [5.41, 5.74) is 9.42. The molecule has 0 spiro atoms. The van der Waals surface area contributed by atoms with Gasteiger partial charge in [0, 0.05) is 24.9 Å². The zero-order valence-corrected chi connectivity index (χ0v) is 9.30. The van der Waals surface area contributed by atoms with E-state index in [-0.39, 0.29) is 5.92 Å². The highest BCUT2D eigenvalue weighted by Gasteiger charge is 2.14. The predicted molar refractivity (Wildman–Crippen MR) is 64.1 cm³/mol. The van der Waals surface area contributed by atoms with Crippen LogP contribution < -0.4 is 5.73 Å². The van der Waals surface area contributed by atoms with Gasteiger partial charge in [-0.15, -0.1) is 0 Å². The second kappa shape index (κ2) is 4.86. The van der Waals surface area contributed by atoms with Crippen LogP contribution in [0.3, 0.4) is 0 Å². The largest absolute Gasteiger partial charge is 0.330 e. The number of nitrogens with two attached hydrogens (primary N) is 1. The summed E-state index contributed by atoms with van der Waals surface area (Å²) in [7, 11) is 0. The highest BCUT2D eigenvalue weighted by atomic mass is 14.8. The van der Waals surface area contributed by atoms with E-state index in [9.17, 15) is 0 Å². The van der Waals surface area contributed by atoms with Crippen LogP contribution in [-0.2, 0) is 0 Å². The van der Waals surface area contributed by atoms with Crippen LogP contribution in [0.1, 0.15) is 22.6 Å². The number of aromatic nitrogens is 2. The molecule has 2 rings (SSSR count). The Hall–Kier alpha value is -1.74. The lowest BCUT2D eigenvalue weighted by atomic mass is 9.90. The van der Waals surface area contributed by atoms with E-state index < -0.39 is 0 Å². The van der Waals surface area contributed by atoms with Crippen molar-refractivity contribution < 1.29 is 0 Å². The maximum Gasteiger partial charge on any atom is 0.115 e. The minimum atomic E-state index is 0.183. The Kier molecular flexibility index (Phi) is 3.27. The lowest BCUT2D eigenvalue weighted by Gasteiger charge is -2.17. The minimum Gasteiger partial charge on any atom is -0.330 e. The second-order valence-electron chi connectivity index (χ2n) is 3.82. The summed E-state index contributed by atoms with van der Waals surface area (Å²) >= 11 is 0. The standard InChI is InChI=1S/C13H15N3/c1-10-4-2-3-5-12(10)13(6-14)11-7-15-9-16-8-11/h2-5,7-9,13H,6,14H2,1H3. The van der Waals surface area contributed by atoms with E-state index in [1.165, 1.54) is 17.5 Å². The Morgan fingerprint density at radius 3 is 2.50 bits per heavy atom. The smallest absolute Gasteiger partial charge is 0.115 e. The van der Waals surface area contributed by atoms with Crippen molar-refractivity contribution in [2.45, 2.75) is 12.8 Å². The van der Waals surface area contributed by atoms with Crippen molar-refractivity contribution in [3.05, 3.63) is 59.7 Å². The summed E-state index contributed by atoms with van der Waals surface area (Å²) < 4.78 is 0. The van der Waals surface area contributed by atoms with Crippen LogP contribution in [0.15, 0.2) is 43.0 Å². The summed E-state index contributed by atoms with van der Waals surface area (Å²) in [5, 5.41) is 0. The van der Waals surface area contributed by atoms with Crippen LogP contribution in [-0.4, -0.2) is 16.5 Å². The molecule has 1 atom stereocenters. The van der Waals surface area contributed by atoms with Gasteiger partial charge in [0.05, 0.1) is 0 Å². The first-order valence-electron chi connectivity index (χ1n) is 5.33. The van der Waals surface area contributed by atoms with E-state index in [1.807, 2.05) is 24.5 Å². The van der Waals surface area contributed by atoms with Crippen LogP contribution in [0, 0.1) is 6.92 Å². The van der Waals surface area contributed by atoms with Crippen molar-refractivity contribution >= 4 is 0 Å². The van der Waals surface area contributed by atoms with Gasteiger partial charge < -0.3 is 5.73 Å². The lowest BCUT2D eigenvalue weighted by Crippen LogP contribution is -2.15. The zero-order chi connectivity index (χ0) is 11.4. The Labute approximate surface area is 95.4 Å². The molecule has 3 heteroatoms. The molecule has 3 nitrogen and oxygen atoms in total. The summed E-state index contributed by atoms with van der Waals surface area (Å²) in [4.78, 5) is 8.08. The molecule has 16 heavy (non-hydrogen) atoms. The van der Waals surface area contributed by atoms with Crippen LogP contribution in [0.5, 0.6) is 0 Å². The first-order valence-corrected chi connectivity index (χ1v) is 5.33. The fourth-order valence-electron chi connectivity index (χ4n) is 1.91. The Bertz CT molecular complexity index is 454. The summed E-state index contributed by atoms with van der Waals surface area (Å²) in [6.45, 7) is 2.67. The molecule has 0 aliphatic rings. The molecule has 0 radical (unpaired) electrons. The summed E-state index contributed by atoms with van der Waals surface area (Å²) in [6.07, 6.45) is 5.20. The molecule has 0 bridgehead atoms. The zero-order valence-electron chi connectivity index (χ0n) is 9.30. The van der Waals surface area contributed by atoms with Crippen molar-refractivity contribution in [1.29, 1.82) is 0 Å². The van der Waals surface area contributed by atoms with E-state index in [1.54, 1.807) is 0 Å². The fourth-order valence-corrected chi connectivity index (χ4v) is 1.91. The topological polar surface area (TPSA) is 51.8 Å². The molecule has 0 aliphatic carbocycles. The molecule has 1 aromatic heterocycles. The number of benzene rings is 1. The molecular formula is C13H15N3. The maximum atomic E-state index is 5.85. The highest BCUT2D eigenvalue weighted by Crippen LogP contribution is 2.24. The molecular weight excluding hydrogens is 198 g/mol. The van der Waals surface area contributed by atoms with Gasteiger partial charge in [0.15, 0.2) is 0 Å². The number of hydrogen-bond acceptors (Lipinski definition) is 3. The third kappa shape index (κ3) is 2.09. The third-order valence-electron chi connectivity index (χ3n) is 2.78. The van der Waals surface area contributed by atoms with Crippen LogP contribution >= 0.6 is 0 Å². The molecule has 1 aromatic carbocycles. The predicted octanol–water partition coefficient (Wildman–Crippen LogP) is 1.88. The first kappa shape index (κ1) is 10.8. The Morgan fingerprint density at radius 2 is 1.88 bits per heavy atom.